The van der Waals surface area contributed by atoms with Gasteiger partial charge in [-0.3, -0.25) is 9.59 Å². The summed E-state index contributed by atoms with van der Waals surface area (Å²) in [5.41, 5.74) is 6.69. The summed E-state index contributed by atoms with van der Waals surface area (Å²) >= 11 is 0. The van der Waals surface area contributed by atoms with Crippen LogP contribution in [0.4, 0.5) is 5.69 Å². The Labute approximate surface area is 114 Å². The maximum Gasteiger partial charge on any atom is 0.256 e. The van der Waals surface area contributed by atoms with Crippen LogP contribution < -0.4 is 5.73 Å². The summed E-state index contributed by atoms with van der Waals surface area (Å²) in [7, 11) is 3.35. The number of hydrogen-bond acceptors (Lipinski definition) is 3. The van der Waals surface area contributed by atoms with Gasteiger partial charge < -0.3 is 15.5 Å². The van der Waals surface area contributed by atoms with Crippen LogP contribution in [0.5, 0.6) is 0 Å². The van der Waals surface area contributed by atoms with Gasteiger partial charge in [-0.25, -0.2) is 0 Å². The van der Waals surface area contributed by atoms with Crippen molar-refractivity contribution in [1.82, 2.24) is 9.80 Å². The molecule has 104 valence electrons. The second-order valence-electron chi connectivity index (χ2n) is 4.60. The molecule has 5 heteroatoms. The van der Waals surface area contributed by atoms with Gasteiger partial charge in [0.2, 0.25) is 5.91 Å². The third kappa shape index (κ3) is 3.98. The van der Waals surface area contributed by atoms with Crippen LogP contribution in [0.3, 0.4) is 0 Å². The molecule has 0 heterocycles. The van der Waals surface area contributed by atoms with Crippen LogP contribution >= 0.6 is 0 Å². The minimum atomic E-state index is -0.199. The summed E-state index contributed by atoms with van der Waals surface area (Å²) in [5.74, 6) is -0.300. The van der Waals surface area contributed by atoms with Crippen LogP contribution in [0.15, 0.2) is 24.3 Å². The zero-order valence-corrected chi connectivity index (χ0v) is 11.7. The topological polar surface area (TPSA) is 66.6 Å². The molecule has 0 aromatic heterocycles. The molecule has 0 radical (unpaired) electrons. The van der Waals surface area contributed by atoms with Crippen molar-refractivity contribution in [1.29, 1.82) is 0 Å². The molecule has 1 rings (SSSR count). The van der Waals surface area contributed by atoms with Crippen LogP contribution in [0.25, 0.3) is 0 Å². The molecule has 19 heavy (non-hydrogen) atoms. The number of benzene rings is 1. The van der Waals surface area contributed by atoms with Gasteiger partial charge in [-0.05, 0) is 18.6 Å². The van der Waals surface area contributed by atoms with Crippen molar-refractivity contribution in [2.45, 2.75) is 13.3 Å². The van der Waals surface area contributed by atoms with Crippen LogP contribution in [-0.4, -0.2) is 48.8 Å². The second-order valence-corrected chi connectivity index (χ2v) is 4.60. The maximum absolute atomic E-state index is 12.4. The molecule has 1 aromatic carbocycles. The Morgan fingerprint density at radius 3 is 2.37 bits per heavy atom. The molecule has 0 aliphatic rings. The number of carbonyl (C=O) groups excluding carboxylic acids is 2. The summed E-state index contributed by atoms with van der Waals surface area (Å²) in [6.45, 7) is 2.58. The lowest BCUT2D eigenvalue weighted by atomic mass is 10.1. The standard InChI is InChI=1S/C14H21N3O2/c1-4-9-17(10-13(18)16(2)3)14(19)11-7-5-6-8-12(11)15/h5-8H,4,9-10,15H2,1-3H3. The van der Waals surface area contributed by atoms with E-state index < -0.39 is 0 Å². The van der Waals surface area contributed by atoms with Crippen LogP contribution in [0.2, 0.25) is 0 Å². The largest absolute Gasteiger partial charge is 0.398 e. The lowest BCUT2D eigenvalue weighted by Gasteiger charge is -2.23. The molecule has 0 fully saturated rings. The van der Waals surface area contributed by atoms with Gasteiger partial charge in [0.25, 0.3) is 5.91 Å². The number of anilines is 1. The third-order valence-corrected chi connectivity index (χ3v) is 2.80. The lowest BCUT2D eigenvalue weighted by molar-refractivity contribution is -0.129. The Bertz CT molecular complexity index is 458. The highest BCUT2D eigenvalue weighted by Gasteiger charge is 2.20. The summed E-state index contributed by atoms with van der Waals surface area (Å²) < 4.78 is 0. The highest BCUT2D eigenvalue weighted by molar-refractivity contribution is 6.00. The molecule has 0 saturated heterocycles. The molecular weight excluding hydrogens is 242 g/mol. The van der Waals surface area contributed by atoms with Gasteiger partial charge in [0.15, 0.2) is 0 Å². The smallest absolute Gasteiger partial charge is 0.256 e. The van der Waals surface area contributed by atoms with E-state index in [4.69, 9.17) is 5.73 Å². The first kappa shape index (κ1) is 15.0. The number of para-hydroxylation sites is 1. The zero-order valence-electron chi connectivity index (χ0n) is 11.7. The summed E-state index contributed by atoms with van der Waals surface area (Å²) in [6.07, 6.45) is 0.791. The van der Waals surface area contributed by atoms with Crippen molar-refractivity contribution in [2.24, 2.45) is 0 Å². The monoisotopic (exact) mass is 263 g/mol. The molecule has 0 saturated carbocycles. The van der Waals surface area contributed by atoms with Gasteiger partial charge in [0.1, 0.15) is 6.54 Å². The number of rotatable bonds is 5. The Morgan fingerprint density at radius 1 is 1.21 bits per heavy atom. The van der Waals surface area contributed by atoms with Gasteiger partial charge in [0.05, 0.1) is 5.56 Å². The fourth-order valence-corrected chi connectivity index (χ4v) is 1.69. The minimum Gasteiger partial charge on any atom is -0.398 e. The summed E-state index contributed by atoms with van der Waals surface area (Å²) in [4.78, 5) is 27.2. The molecule has 0 atom stereocenters. The fraction of sp³-hybridized carbons (Fsp3) is 0.429. The molecule has 0 unspecified atom stereocenters. The van der Waals surface area contributed by atoms with E-state index in [0.717, 1.165) is 6.42 Å². The molecule has 2 N–H and O–H groups in total. The van der Waals surface area contributed by atoms with Crippen molar-refractivity contribution < 1.29 is 9.59 Å². The van der Waals surface area contributed by atoms with Gasteiger partial charge in [-0.1, -0.05) is 19.1 Å². The van der Waals surface area contributed by atoms with E-state index in [-0.39, 0.29) is 18.4 Å². The van der Waals surface area contributed by atoms with Gasteiger partial charge in [0, 0.05) is 26.3 Å². The first-order valence-corrected chi connectivity index (χ1v) is 6.31. The normalized spacial score (nSPS) is 10.1. The Morgan fingerprint density at radius 2 is 1.84 bits per heavy atom. The van der Waals surface area contributed by atoms with E-state index in [1.54, 1.807) is 38.4 Å². The quantitative estimate of drug-likeness (QED) is 0.812. The van der Waals surface area contributed by atoms with Gasteiger partial charge >= 0.3 is 0 Å². The molecule has 1 aromatic rings. The molecule has 0 bridgehead atoms. The lowest BCUT2D eigenvalue weighted by Crippen LogP contribution is -2.40. The fourth-order valence-electron chi connectivity index (χ4n) is 1.69. The van der Waals surface area contributed by atoms with E-state index in [2.05, 4.69) is 0 Å². The van der Waals surface area contributed by atoms with Crippen molar-refractivity contribution in [3.8, 4) is 0 Å². The number of nitrogen functional groups attached to an aromatic ring is 1. The van der Waals surface area contributed by atoms with E-state index >= 15 is 0 Å². The number of amides is 2. The first-order chi connectivity index (χ1) is 8.97. The molecular formula is C14H21N3O2. The maximum atomic E-state index is 12.4. The van der Waals surface area contributed by atoms with Crippen molar-refractivity contribution in [3.05, 3.63) is 29.8 Å². The average Bonchev–Trinajstić information content (AvgIpc) is 2.37. The average molecular weight is 263 g/mol. The van der Waals surface area contributed by atoms with Crippen LogP contribution in [-0.2, 0) is 4.79 Å². The number of carbonyl (C=O) groups is 2. The first-order valence-electron chi connectivity index (χ1n) is 6.31. The Hall–Kier alpha value is -2.04. The van der Waals surface area contributed by atoms with E-state index in [1.165, 1.54) is 9.80 Å². The number of hydrogen-bond donors (Lipinski definition) is 1. The second kappa shape index (κ2) is 6.78. The molecule has 0 aliphatic carbocycles. The van der Waals surface area contributed by atoms with Crippen molar-refractivity contribution in [3.63, 3.8) is 0 Å². The highest BCUT2D eigenvalue weighted by Crippen LogP contribution is 2.13. The number of nitrogens with zero attached hydrogens (tertiary/aromatic N) is 2. The molecule has 2 amide bonds. The minimum absolute atomic E-state index is 0.0774. The van der Waals surface area contributed by atoms with Crippen molar-refractivity contribution >= 4 is 17.5 Å². The number of nitrogens with two attached hydrogens (primary N) is 1. The molecule has 5 nitrogen and oxygen atoms in total. The SMILES string of the molecule is CCCN(CC(=O)N(C)C)C(=O)c1ccccc1N. The van der Waals surface area contributed by atoms with E-state index in [9.17, 15) is 9.59 Å². The third-order valence-electron chi connectivity index (χ3n) is 2.80. The predicted molar refractivity (Wildman–Crippen MR) is 75.7 cm³/mol. The number of likely N-dealkylation sites (N-methyl/N-ethyl adjacent to an activating group) is 1. The highest BCUT2D eigenvalue weighted by atomic mass is 16.2. The van der Waals surface area contributed by atoms with Crippen molar-refractivity contribution in [2.75, 3.05) is 32.9 Å². The van der Waals surface area contributed by atoms with Gasteiger partial charge in [-0.15, -0.1) is 0 Å². The van der Waals surface area contributed by atoms with E-state index in [0.29, 0.717) is 17.8 Å². The molecule has 0 aliphatic heterocycles. The van der Waals surface area contributed by atoms with E-state index in [1.807, 2.05) is 6.92 Å². The van der Waals surface area contributed by atoms with Crippen LogP contribution in [0, 0.1) is 0 Å². The Balaban J connectivity index is 2.90. The Kier molecular flexibility index (Phi) is 5.36. The zero-order chi connectivity index (χ0) is 14.4. The predicted octanol–water partition coefficient (Wildman–Crippen LogP) is 1.21. The summed E-state index contributed by atoms with van der Waals surface area (Å²) in [5, 5.41) is 0. The van der Waals surface area contributed by atoms with Gasteiger partial charge in [-0.2, -0.15) is 0 Å². The summed E-state index contributed by atoms with van der Waals surface area (Å²) in [6, 6.07) is 6.91. The van der Waals surface area contributed by atoms with Crippen LogP contribution in [0.1, 0.15) is 23.7 Å². The molecule has 0 spiro atoms.